The van der Waals surface area contributed by atoms with Crippen LogP contribution in [0.15, 0.2) is 0 Å². The highest BCUT2D eigenvalue weighted by Gasteiger charge is 2.28. The molecule has 0 unspecified atom stereocenters. The van der Waals surface area contributed by atoms with Crippen molar-refractivity contribution in [3.8, 4) is 0 Å². The Morgan fingerprint density at radius 3 is 2.47 bits per heavy atom. The van der Waals surface area contributed by atoms with Gasteiger partial charge < -0.3 is 21.1 Å². The number of nitrogens with one attached hydrogen (secondary N) is 1. The number of nitrogens with two attached hydrogens (primary N) is 1. The van der Waals surface area contributed by atoms with Gasteiger partial charge in [-0.05, 0) is 25.2 Å². The first-order valence-corrected chi connectivity index (χ1v) is 6.91. The molecule has 1 rings (SSSR count). The molecule has 2 amide bonds. The van der Waals surface area contributed by atoms with E-state index < -0.39 is 6.04 Å². The van der Waals surface area contributed by atoms with Crippen LogP contribution in [0.1, 0.15) is 33.1 Å². The highest BCUT2D eigenvalue weighted by atomic mass is 16.3. The second kappa shape index (κ2) is 7.45. The fourth-order valence-corrected chi connectivity index (χ4v) is 2.00. The second-order valence-electron chi connectivity index (χ2n) is 5.38. The van der Waals surface area contributed by atoms with Crippen molar-refractivity contribution in [1.82, 2.24) is 10.2 Å². The minimum Gasteiger partial charge on any atom is -0.395 e. The van der Waals surface area contributed by atoms with Gasteiger partial charge in [0.2, 0.25) is 11.8 Å². The van der Waals surface area contributed by atoms with Gasteiger partial charge >= 0.3 is 0 Å². The normalized spacial score (nSPS) is 16.9. The van der Waals surface area contributed by atoms with Crippen LogP contribution >= 0.6 is 0 Å². The van der Waals surface area contributed by atoms with Crippen molar-refractivity contribution < 1.29 is 14.7 Å². The zero-order valence-corrected chi connectivity index (χ0v) is 11.8. The van der Waals surface area contributed by atoms with Gasteiger partial charge in [-0.1, -0.05) is 13.8 Å². The van der Waals surface area contributed by atoms with E-state index in [4.69, 9.17) is 10.8 Å². The molecule has 0 saturated heterocycles. The molecule has 110 valence electrons. The van der Waals surface area contributed by atoms with E-state index in [9.17, 15) is 9.59 Å². The summed E-state index contributed by atoms with van der Waals surface area (Å²) >= 11 is 0. The summed E-state index contributed by atoms with van der Waals surface area (Å²) in [7, 11) is 0. The van der Waals surface area contributed by atoms with E-state index in [0.717, 1.165) is 19.3 Å². The number of hydrogen-bond acceptors (Lipinski definition) is 4. The lowest BCUT2D eigenvalue weighted by Gasteiger charge is -2.37. The van der Waals surface area contributed by atoms with E-state index in [1.807, 2.05) is 13.8 Å². The average Bonchev–Trinajstić information content (AvgIpc) is 2.31. The number of carbonyl (C=O) groups is 2. The van der Waals surface area contributed by atoms with Gasteiger partial charge in [0.1, 0.15) is 0 Å². The van der Waals surface area contributed by atoms with E-state index in [-0.39, 0.29) is 36.9 Å². The first-order chi connectivity index (χ1) is 8.97. The van der Waals surface area contributed by atoms with Crippen molar-refractivity contribution >= 4 is 11.8 Å². The van der Waals surface area contributed by atoms with Crippen molar-refractivity contribution in [1.29, 1.82) is 0 Å². The Morgan fingerprint density at radius 1 is 1.42 bits per heavy atom. The fraction of sp³-hybridized carbons (Fsp3) is 0.846. The third kappa shape index (κ3) is 4.47. The van der Waals surface area contributed by atoms with E-state index in [1.165, 1.54) is 0 Å². The summed E-state index contributed by atoms with van der Waals surface area (Å²) < 4.78 is 0. The first-order valence-electron chi connectivity index (χ1n) is 6.91. The van der Waals surface area contributed by atoms with Crippen LogP contribution in [-0.2, 0) is 9.59 Å². The molecule has 1 aliphatic rings. The standard InChI is InChI=1S/C13H25N3O3/c1-9(2)12(14)13(19)15-8-11(18)16(6-7-17)10-4-3-5-10/h9-10,12,17H,3-8,14H2,1-2H3,(H,15,19)/t12-/m0/s1. The molecule has 0 aromatic heterocycles. The molecule has 6 heteroatoms. The van der Waals surface area contributed by atoms with Crippen LogP contribution in [-0.4, -0.2) is 53.6 Å². The largest absolute Gasteiger partial charge is 0.395 e. The Morgan fingerprint density at radius 2 is 2.05 bits per heavy atom. The molecule has 4 N–H and O–H groups in total. The quantitative estimate of drug-likeness (QED) is 0.579. The van der Waals surface area contributed by atoms with Crippen molar-refractivity contribution in [2.45, 2.75) is 45.2 Å². The summed E-state index contributed by atoms with van der Waals surface area (Å²) in [5, 5.41) is 11.6. The Labute approximate surface area is 114 Å². The fourth-order valence-electron chi connectivity index (χ4n) is 2.00. The van der Waals surface area contributed by atoms with Gasteiger partial charge in [0.15, 0.2) is 0 Å². The highest BCUT2D eigenvalue weighted by Crippen LogP contribution is 2.24. The maximum Gasteiger partial charge on any atom is 0.242 e. The van der Waals surface area contributed by atoms with Gasteiger partial charge in [-0.2, -0.15) is 0 Å². The summed E-state index contributed by atoms with van der Waals surface area (Å²) in [5.74, 6) is -0.417. The molecule has 0 radical (unpaired) electrons. The first kappa shape index (κ1) is 15.9. The van der Waals surface area contributed by atoms with Crippen molar-refractivity contribution in [2.75, 3.05) is 19.7 Å². The smallest absolute Gasteiger partial charge is 0.242 e. The topological polar surface area (TPSA) is 95.7 Å². The second-order valence-corrected chi connectivity index (χ2v) is 5.38. The lowest BCUT2D eigenvalue weighted by molar-refractivity contribution is -0.137. The lowest BCUT2D eigenvalue weighted by atomic mass is 9.91. The summed E-state index contributed by atoms with van der Waals surface area (Å²) in [6.45, 7) is 3.95. The van der Waals surface area contributed by atoms with Crippen molar-refractivity contribution in [2.24, 2.45) is 11.7 Å². The molecule has 0 heterocycles. The zero-order valence-electron chi connectivity index (χ0n) is 11.8. The molecule has 1 saturated carbocycles. The van der Waals surface area contributed by atoms with Gasteiger partial charge in [-0.15, -0.1) is 0 Å². The predicted molar refractivity (Wildman–Crippen MR) is 72.3 cm³/mol. The Kier molecular flexibility index (Phi) is 6.24. The van der Waals surface area contributed by atoms with Gasteiger partial charge in [0.05, 0.1) is 19.2 Å². The molecule has 1 fully saturated rings. The van der Waals surface area contributed by atoms with Crippen LogP contribution in [0.2, 0.25) is 0 Å². The zero-order chi connectivity index (χ0) is 14.4. The van der Waals surface area contributed by atoms with Gasteiger partial charge in [0, 0.05) is 12.6 Å². The maximum absolute atomic E-state index is 12.0. The number of rotatable bonds is 7. The molecular formula is C13H25N3O3. The van der Waals surface area contributed by atoms with Crippen LogP contribution in [0, 0.1) is 5.92 Å². The van der Waals surface area contributed by atoms with E-state index in [0.29, 0.717) is 6.54 Å². The summed E-state index contributed by atoms with van der Waals surface area (Å²) in [6, 6.07) is -0.377. The van der Waals surface area contributed by atoms with Crippen LogP contribution < -0.4 is 11.1 Å². The average molecular weight is 271 g/mol. The summed E-state index contributed by atoms with van der Waals surface area (Å²) in [6.07, 6.45) is 3.07. The number of aliphatic hydroxyl groups excluding tert-OH is 1. The van der Waals surface area contributed by atoms with E-state index >= 15 is 0 Å². The number of aliphatic hydroxyl groups is 1. The Balaban J connectivity index is 2.41. The van der Waals surface area contributed by atoms with Crippen LogP contribution in [0.4, 0.5) is 0 Å². The molecule has 0 spiro atoms. The van der Waals surface area contributed by atoms with Crippen LogP contribution in [0.5, 0.6) is 0 Å². The summed E-state index contributed by atoms with van der Waals surface area (Å²) in [5.41, 5.74) is 5.70. The lowest BCUT2D eigenvalue weighted by Crippen LogP contribution is -2.51. The molecular weight excluding hydrogens is 246 g/mol. The predicted octanol–water partition coefficient (Wildman–Crippen LogP) is -0.541. The third-order valence-corrected chi connectivity index (χ3v) is 3.61. The SMILES string of the molecule is CC(C)[C@H](N)C(=O)NCC(=O)N(CCO)C1CCC1. The molecule has 1 aliphatic carbocycles. The number of carbonyl (C=O) groups excluding carboxylic acids is 2. The minimum absolute atomic E-state index is 0.0373. The molecule has 1 atom stereocenters. The molecule has 19 heavy (non-hydrogen) atoms. The summed E-state index contributed by atoms with van der Waals surface area (Å²) in [4.78, 5) is 25.3. The molecule has 0 aromatic carbocycles. The number of amides is 2. The highest BCUT2D eigenvalue weighted by molar-refractivity contribution is 5.87. The van der Waals surface area contributed by atoms with E-state index in [1.54, 1.807) is 4.90 Å². The maximum atomic E-state index is 12.0. The molecule has 0 aliphatic heterocycles. The Bertz CT molecular complexity index is 316. The Hall–Kier alpha value is -1.14. The molecule has 0 aromatic rings. The number of nitrogens with zero attached hydrogens (tertiary/aromatic N) is 1. The van der Waals surface area contributed by atoms with Gasteiger partial charge in [-0.25, -0.2) is 0 Å². The van der Waals surface area contributed by atoms with E-state index in [2.05, 4.69) is 5.32 Å². The number of hydrogen-bond donors (Lipinski definition) is 3. The van der Waals surface area contributed by atoms with Gasteiger partial charge in [0.25, 0.3) is 0 Å². The molecule has 0 bridgehead atoms. The van der Waals surface area contributed by atoms with Crippen LogP contribution in [0.25, 0.3) is 0 Å². The van der Waals surface area contributed by atoms with Crippen molar-refractivity contribution in [3.63, 3.8) is 0 Å². The van der Waals surface area contributed by atoms with Gasteiger partial charge in [-0.3, -0.25) is 9.59 Å². The monoisotopic (exact) mass is 271 g/mol. The minimum atomic E-state index is -0.595. The van der Waals surface area contributed by atoms with Crippen LogP contribution in [0.3, 0.4) is 0 Å². The molecule has 6 nitrogen and oxygen atoms in total. The van der Waals surface area contributed by atoms with Crippen molar-refractivity contribution in [3.05, 3.63) is 0 Å². The third-order valence-electron chi connectivity index (χ3n) is 3.61.